The van der Waals surface area contributed by atoms with Gasteiger partial charge in [-0.3, -0.25) is 9.78 Å². The van der Waals surface area contributed by atoms with E-state index in [2.05, 4.69) is 50.6 Å². The molecule has 1 aliphatic carbocycles. The van der Waals surface area contributed by atoms with E-state index in [1.54, 1.807) is 0 Å². The molecule has 0 saturated heterocycles. The summed E-state index contributed by atoms with van der Waals surface area (Å²) in [5, 5.41) is 3.57. The van der Waals surface area contributed by atoms with Crippen molar-refractivity contribution in [2.45, 2.75) is 51.6 Å². The lowest BCUT2D eigenvalue weighted by Gasteiger charge is -2.19. The second kappa shape index (κ2) is 7.98. The average Bonchev–Trinajstić information content (AvgIpc) is 3.57. The minimum absolute atomic E-state index is 0.206. The number of aromatic nitrogens is 4. The highest BCUT2D eigenvalue weighted by molar-refractivity contribution is 5.84. The van der Waals surface area contributed by atoms with Crippen molar-refractivity contribution < 1.29 is 0 Å². The van der Waals surface area contributed by atoms with Crippen molar-refractivity contribution in [1.82, 2.24) is 19.5 Å². The summed E-state index contributed by atoms with van der Waals surface area (Å²) < 4.78 is 1.98. The zero-order chi connectivity index (χ0) is 21.4. The molecule has 158 valence electrons. The number of nitrogens with zero attached hydrogens (tertiary/aromatic N) is 3. The topological polar surface area (TPSA) is 92.7 Å². The van der Waals surface area contributed by atoms with E-state index in [0.717, 1.165) is 41.5 Å². The molecule has 7 nitrogen and oxygen atoms in total. The summed E-state index contributed by atoms with van der Waals surface area (Å²) in [6.45, 7) is 2.70. The molecule has 2 aliphatic heterocycles. The third-order valence-electron chi connectivity index (χ3n) is 5.83. The first-order chi connectivity index (χ1) is 15.1. The summed E-state index contributed by atoms with van der Waals surface area (Å²) in [6, 6.07) is 15.0. The third-order valence-corrected chi connectivity index (χ3v) is 5.83. The van der Waals surface area contributed by atoms with E-state index < -0.39 is 11.2 Å². The maximum Gasteiger partial charge on any atom is 0.349 e. The summed E-state index contributed by atoms with van der Waals surface area (Å²) in [5.41, 5.74) is 4.16. The molecule has 1 fully saturated rings. The van der Waals surface area contributed by atoms with Gasteiger partial charge < -0.3 is 9.88 Å². The predicted molar refractivity (Wildman–Crippen MR) is 122 cm³/mol. The number of fused-ring (bicyclic) bond motifs is 2. The van der Waals surface area contributed by atoms with Crippen LogP contribution in [-0.2, 0) is 13.0 Å². The van der Waals surface area contributed by atoms with Crippen LogP contribution in [0.3, 0.4) is 0 Å². The van der Waals surface area contributed by atoms with Crippen molar-refractivity contribution in [2.75, 3.05) is 5.32 Å². The number of aromatic amines is 1. The fourth-order valence-electron chi connectivity index (χ4n) is 4.02. The molecule has 0 amide bonds. The van der Waals surface area contributed by atoms with Gasteiger partial charge in [-0.15, -0.1) is 0 Å². The largest absolute Gasteiger partial charge is 0.382 e. The Morgan fingerprint density at radius 1 is 1.10 bits per heavy atom. The Kier molecular flexibility index (Phi) is 5.02. The number of aryl methyl sites for hydroxylation is 3. The Bertz CT molecular complexity index is 1320. The molecule has 0 spiro atoms. The van der Waals surface area contributed by atoms with Gasteiger partial charge in [-0.05, 0) is 62.3 Å². The van der Waals surface area contributed by atoms with Crippen LogP contribution in [0, 0.1) is 6.92 Å². The molecule has 0 aromatic heterocycles. The summed E-state index contributed by atoms with van der Waals surface area (Å²) >= 11 is 0. The highest BCUT2D eigenvalue weighted by atomic mass is 16.2. The first kappa shape index (κ1) is 19.5. The van der Waals surface area contributed by atoms with Crippen LogP contribution in [0.1, 0.15) is 36.8 Å². The van der Waals surface area contributed by atoms with Gasteiger partial charge in [-0.25, -0.2) is 9.78 Å². The van der Waals surface area contributed by atoms with Crippen LogP contribution in [-0.4, -0.2) is 25.6 Å². The van der Waals surface area contributed by atoms with Crippen LogP contribution >= 0.6 is 0 Å². The normalized spacial score (nSPS) is 13.7. The third kappa shape index (κ3) is 4.08. The van der Waals surface area contributed by atoms with Gasteiger partial charge in [0.1, 0.15) is 0 Å². The second-order valence-electron chi connectivity index (χ2n) is 8.32. The summed E-state index contributed by atoms with van der Waals surface area (Å²) in [5.74, 6) is 0.349. The number of hydrogen-bond acceptors (Lipinski definition) is 5. The van der Waals surface area contributed by atoms with E-state index in [9.17, 15) is 9.59 Å². The molecule has 5 rings (SSSR count). The minimum Gasteiger partial charge on any atom is -0.382 e. The predicted octanol–water partition coefficient (Wildman–Crippen LogP) is 3.49. The smallest absolute Gasteiger partial charge is 0.349 e. The standard InChI is InChI=1S/C24H25N5O2/c1-15-13-19-20(14-18(15)25-17-10-11-17)29(12-6-5-9-16-7-3-2-4-8-16)22-21(26-19)23(30)28-24(31)27-22/h2-4,7-8,13-14,17,25H,5-6,9-12H2,1H3,(H,28,30,31). The van der Waals surface area contributed by atoms with Crippen molar-refractivity contribution in [1.29, 1.82) is 0 Å². The quantitative estimate of drug-likeness (QED) is 0.356. The lowest BCUT2D eigenvalue weighted by Crippen LogP contribution is -2.29. The molecule has 0 radical (unpaired) electrons. The molecule has 2 aromatic carbocycles. The van der Waals surface area contributed by atoms with Gasteiger partial charge in [0.25, 0.3) is 5.56 Å². The van der Waals surface area contributed by atoms with E-state index >= 15 is 0 Å². The SMILES string of the molecule is Cc1cc2nc3c(=O)[nH]c(=O)nc-3n(CCCCc3ccccc3)c2cc1NC1CC1. The Hall–Kier alpha value is -3.48. The van der Waals surface area contributed by atoms with Crippen molar-refractivity contribution in [3.05, 3.63) is 74.4 Å². The van der Waals surface area contributed by atoms with E-state index in [-0.39, 0.29) is 5.69 Å². The zero-order valence-electron chi connectivity index (χ0n) is 17.5. The Morgan fingerprint density at radius 3 is 2.68 bits per heavy atom. The maximum absolute atomic E-state index is 12.4. The fraction of sp³-hybridized carbons (Fsp3) is 0.333. The highest BCUT2D eigenvalue weighted by Gasteiger charge is 2.23. The number of unbranched alkanes of at least 4 members (excludes halogenated alkanes) is 1. The van der Waals surface area contributed by atoms with E-state index in [1.807, 2.05) is 23.6 Å². The minimum atomic E-state index is -0.639. The van der Waals surface area contributed by atoms with Gasteiger partial charge in [0.15, 0.2) is 11.5 Å². The molecule has 0 unspecified atom stereocenters. The molecule has 2 aromatic rings. The van der Waals surface area contributed by atoms with Crippen LogP contribution in [0.2, 0.25) is 0 Å². The second-order valence-corrected chi connectivity index (χ2v) is 8.32. The lowest BCUT2D eigenvalue weighted by atomic mass is 10.1. The molecule has 1 saturated carbocycles. The molecule has 31 heavy (non-hydrogen) atoms. The Balaban J connectivity index is 1.54. The number of nitrogens with one attached hydrogen (secondary N) is 2. The molecule has 2 N–H and O–H groups in total. The summed E-state index contributed by atoms with van der Waals surface area (Å²) in [6.07, 6.45) is 5.24. The van der Waals surface area contributed by atoms with Gasteiger partial charge in [0.05, 0.1) is 11.0 Å². The van der Waals surface area contributed by atoms with Gasteiger partial charge >= 0.3 is 5.69 Å². The van der Waals surface area contributed by atoms with Gasteiger partial charge in [0.2, 0.25) is 0 Å². The van der Waals surface area contributed by atoms with E-state index in [4.69, 9.17) is 0 Å². The van der Waals surface area contributed by atoms with Crippen LogP contribution in [0.25, 0.3) is 22.6 Å². The van der Waals surface area contributed by atoms with Crippen LogP contribution in [0.4, 0.5) is 5.69 Å². The fourth-order valence-corrected chi connectivity index (χ4v) is 4.02. The number of rotatable bonds is 7. The molecule has 2 heterocycles. The lowest BCUT2D eigenvalue weighted by molar-refractivity contribution is 0.615. The monoisotopic (exact) mass is 415 g/mol. The molecular formula is C24H25N5O2. The van der Waals surface area contributed by atoms with E-state index in [1.165, 1.54) is 18.4 Å². The van der Waals surface area contributed by atoms with Crippen molar-refractivity contribution in [2.24, 2.45) is 0 Å². The zero-order valence-corrected chi connectivity index (χ0v) is 17.5. The Labute approximate surface area is 179 Å². The van der Waals surface area contributed by atoms with Gasteiger partial charge in [-0.2, -0.15) is 4.98 Å². The van der Waals surface area contributed by atoms with Crippen LogP contribution in [0.15, 0.2) is 52.1 Å². The molecule has 0 atom stereocenters. The number of H-pyrrole nitrogens is 1. The van der Waals surface area contributed by atoms with Crippen molar-refractivity contribution in [3.63, 3.8) is 0 Å². The molecule has 0 bridgehead atoms. The van der Waals surface area contributed by atoms with Crippen LogP contribution < -0.4 is 16.6 Å². The maximum atomic E-state index is 12.4. The van der Waals surface area contributed by atoms with Crippen LogP contribution in [0.5, 0.6) is 0 Å². The summed E-state index contributed by atoms with van der Waals surface area (Å²) in [4.78, 5) is 35.3. The molecule has 7 heteroatoms. The number of benzene rings is 2. The first-order valence-corrected chi connectivity index (χ1v) is 10.8. The number of hydrogen-bond donors (Lipinski definition) is 2. The van der Waals surface area contributed by atoms with Gasteiger partial charge in [-0.1, -0.05) is 30.3 Å². The Morgan fingerprint density at radius 2 is 1.90 bits per heavy atom. The van der Waals surface area contributed by atoms with E-state index in [0.29, 0.717) is 18.4 Å². The van der Waals surface area contributed by atoms with Crippen molar-refractivity contribution >= 4 is 16.7 Å². The van der Waals surface area contributed by atoms with Gasteiger partial charge in [0, 0.05) is 18.3 Å². The number of anilines is 1. The summed E-state index contributed by atoms with van der Waals surface area (Å²) in [7, 11) is 0. The first-order valence-electron chi connectivity index (χ1n) is 10.8. The average molecular weight is 415 g/mol. The molecular weight excluding hydrogens is 390 g/mol. The van der Waals surface area contributed by atoms with Crippen molar-refractivity contribution in [3.8, 4) is 11.5 Å². The highest BCUT2D eigenvalue weighted by Crippen LogP contribution is 2.31. The molecule has 3 aliphatic rings.